The third-order valence-corrected chi connectivity index (χ3v) is 5.40. The van der Waals surface area contributed by atoms with Gasteiger partial charge in [0.05, 0.1) is 5.69 Å². The summed E-state index contributed by atoms with van der Waals surface area (Å²) in [4.78, 5) is 21.0. The van der Waals surface area contributed by atoms with Crippen molar-refractivity contribution in [1.82, 2.24) is 15.2 Å². The Morgan fingerprint density at radius 2 is 1.95 bits per heavy atom. The molecule has 1 aromatic heterocycles. The van der Waals surface area contributed by atoms with Crippen LogP contribution in [-0.4, -0.2) is 48.1 Å². The minimum atomic E-state index is 0.122. The first-order valence-electron chi connectivity index (χ1n) is 7.95. The van der Waals surface area contributed by atoms with E-state index in [0.717, 1.165) is 49.8 Å². The summed E-state index contributed by atoms with van der Waals surface area (Å²) in [7, 11) is 0. The molecule has 1 aliphatic carbocycles. The number of nitrogens with one attached hydrogen (secondary N) is 1. The van der Waals surface area contributed by atoms with Crippen molar-refractivity contribution in [3.05, 3.63) is 11.1 Å². The zero-order valence-corrected chi connectivity index (χ0v) is 13.5. The van der Waals surface area contributed by atoms with Crippen LogP contribution in [0.4, 0.5) is 9.93 Å². The van der Waals surface area contributed by atoms with E-state index in [9.17, 15) is 4.79 Å². The van der Waals surface area contributed by atoms with Gasteiger partial charge in [-0.15, -0.1) is 11.3 Å². The fraction of sp³-hybridized carbons (Fsp3) is 0.733. The molecule has 1 saturated heterocycles. The van der Waals surface area contributed by atoms with Gasteiger partial charge >= 0.3 is 6.03 Å². The van der Waals surface area contributed by atoms with E-state index < -0.39 is 0 Å². The highest BCUT2D eigenvalue weighted by Gasteiger charge is 2.24. The average molecular weight is 308 g/mol. The minimum absolute atomic E-state index is 0.122. The standard InChI is InChI=1S/C15H24N4OS/c1-12-11-21-15(16-12)19-9-7-18(8-10-19)14(20)17-13-5-3-2-4-6-13/h11,13H,2-10H2,1H3,(H,17,20). The molecule has 6 heteroatoms. The Bertz CT molecular complexity index is 476. The van der Waals surface area contributed by atoms with E-state index in [2.05, 4.69) is 20.6 Å². The van der Waals surface area contributed by atoms with E-state index >= 15 is 0 Å². The second-order valence-electron chi connectivity index (χ2n) is 6.03. The van der Waals surface area contributed by atoms with Gasteiger partial charge in [0.15, 0.2) is 5.13 Å². The molecule has 5 nitrogen and oxygen atoms in total. The Hall–Kier alpha value is -1.30. The molecular weight excluding hydrogens is 284 g/mol. The van der Waals surface area contributed by atoms with Crippen LogP contribution in [0.2, 0.25) is 0 Å². The second-order valence-corrected chi connectivity index (χ2v) is 6.87. The molecule has 0 spiro atoms. The minimum Gasteiger partial charge on any atom is -0.345 e. The molecule has 116 valence electrons. The monoisotopic (exact) mass is 308 g/mol. The molecule has 1 aliphatic heterocycles. The number of nitrogens with zero attached hydrogens (tertiary/aromatic N) is 3. The maximum absolute atomic E-state index is 12.3. The predicted octanol–water partition coefficient (Wildman–Crippen LogP) is 2.62. The van der Waals surface area contributed by atoms with Crippen LogP contribution < -0.4 is 10.2 Å². The summed E-state index contributed by atoms with van der Waals surface area (Å²) in [6.45, 7) is 5.36. The van der Waals surface area contributed by atoms with E-state index in [1.165, 1.54) is 19.3 Å². The van der Waals surface area contributed by atoms with E-state index in [-0.39, 0.29) is 6.03 Å². The summed E-state index contributed by atoms with van der Waals surface area (Å²) in [5.74, 6) is 0. The predicted molar refractivity (Wildman–Crippen MR) is 86.0 cm³/mol. The van der Waals surface area contributed by atoms with Crippen LogP contribution in [-0.2, 0) is 0 Å². The molecule has 1 N–H and O–H groups in total. The first-order valence-corrected chi connectivity index (χ1v) is 8.83. The molecule has 0 radical (unpaired) electrons. The van der Waals surface area contributed by atoms with Crippen molar-refractivity contribution in [2.75, 3.05) is 31.1 Å². The van der Waals surface area contributed by atoms with Gasteiger partial charge in [0, 0.05) is 37.6 Å². The highest BCUT2D eigenvalue weighted by Crippen LogP contribution is 2.22. The average Bonchev–Trinajstić information content (AvgIpc) is 2.95. The SMILES string of the molecule is Cc1csc(N2CCN(C(=O)NC3CCCCC3)CC2)n1. The molecule has 1 saturated carbocycles. The highest BCUT2D eigenvalue weighted by molar-refractivity contribution is 7.13. The van der Waals surface area contributed by atoms with Crippen LogP contribution in [0.3, 0.4) is 0 Å². The Morgan fingerprint density at radius 1 is 1.24 bits per heavy atom. The van der Waals surface area contributed by atoms with Crippen LogP contribution in [0.1, 0.15) is 37.8 Å². The number of hydrogen-bond donors (Lipinski definition) is 1. The van der Waals surface area contributed by atoms with Gasteiger partial charge in [-0.05, 0) is 19.8 Å². The number of urea groups is 1. The number of rotatable bonds is 2. The van der Waals surface area contributed by atoms with Gasteiger partial charge in [-0.3, -0.25) is 0 Å². The molecule has 0 atom stereocenters. The van der Waals surface area contributed by atoms with Crippen molar-refractivity contribution in [2.45, 2.75) is 45.1 Å². The lowest BCUT2D eigenvalue weighted by molar-refractivity contribution is 0.186. The Balaban J connectivity index is 1.47. The molecule has 3 rings (SSSR count). The third kappa shape index (κ3) is 3.67. The van der Waals surface area contributed by atoms with E-state index in [4.69, 9.17) is 0 Å². The molecule has 2 heterocycles. The smallest absolute Gasteiger partial charge is 0.317 e. The van der Waals surface area contributed by atoms with Crippen molar-refractivity contribution in [1.29, 1.82) is 0 Å². The van der Waals surface area contributed by atoms with Gasteiger partial charge in [0.25, 0.3) is 0 Å². The van der Waals surface area contributed by atoms with Crippen molar-refractivity contribution in [3.63, 3.8) is 0 Å². The summed E-state index contributed by atoms with van der Waals surface area (Å²) in [6, 6.07) is 0.516. The summed E-state index contributed by atoms with van der Waals surface area (Å²) >= 11 is 1.69. The number of carbonyl (C=O) groups excluding carboxylic acids is 1. The van der Waals surface area contributed by atoms with Gasteiger partial charge in [0.2, 0.25) is 0 Å². The van der Waals surface area contributed by atoms with Crippen LogP contribution in [0, 0.1) is 6.92 Å². The first kappa shape index (κ1) is 14.6. The number of hydrogen-bond acceptors (Lipinski definition) is 4. The molecule has 2 amide bonds. The number of carbonyl (C=O) groups is 1. The lowest BCUT2D eigenvalue weighted by Crippen LogP contribution is -2.53. The molecule has 2 aliphatic rings. The van der Waals surface area contributed by atoms with E-state index in [0.29, 0.717) is 6.04 Å². The molecule has 21 heavy (non-hydrogen) atoms. The fourth-order valence-corrected chi connectivity index (χ4v) is 3.96. The van der Waals surface area contributed by atoms with Crippen LogP contribution in [0.25, 0.3) is 0 Å². The highest BCUT2D eigenvalue weighted by atomic mass is 32.1. The maximum Gasteiger partial charge on any atom is 0.317 e. The van der Waals surface area contributed by atoms with Crippen LogP contribution >= 0.6 is 11.3 Å². The van der Waals surface area contributed by atoms with Crippen LogP contribution in [0.5, 0.6) is 0 Å². The van der Waals surface area contributed by atoms with Crippen molar-refractivity contribution >= 4 is 22.5 Å². The van der Waals surface area contributed by atoms with Crippen molar-refractivity contribution in [3.8, 4) is 0 Å². The summed E-state index contributed by atoms with van der Waals surface area (Å²) < 4.78 is 0. The third-order valence-electron chi connectivity index (χ3n) is 4.38. The summed E-state index contributed by atoms with van der Waals surface area (Å²) in [5, 5.41) is 6.37. The number of amides is 2. The van der Waals surface area contributed by atoms with Gasteiger partial charge in [-0.25, -0.2) is 9.78 Å². The number of piperazine rings is 1. The van der Waals surface area contributed by atoms with Crippen LogP contribution in [0.15, 0.2) is 5.38 Å². The number of anilines is 1. The normalized spacial score (nSPS) is 20.6. The number of aromatic nitrogens is 1. The Kier molecular flexibility index (Phi) is 4.63. The van der Waals surface area contributed by atoms with Gasteiger partial charge < -0.3 is 15.1 Å². The Morgan fingerprint density at radius 3 is 2.57 bits per heavy atom. The topological polar surface area (TPSA) is 48.5 Å². The zero-order valence-electron chi connectivity index (χ0n) is 12.7. The van der Waals surface area contributed by atoms with E-state index in [1.54, 1.807) is 11.3 Å². The Labute approximate surface area is 130 Å². The maximum atomic E-state index is 12.3. The second kappa shape index (κ2) is 6.64. The summed E-state index contributed by atoms with van der Waals surface area (Å²) in [5.41, 5.74) is 1.08. The number of aryl methyl sites for hydroxylation is 1. The van der Waals surface area contributed by atoms with Gasteiger partial charge in [-0.2, -0.15) is 0 Å². The molecular formula is C15H24N4OS. The zero-order chi connectivity index (χ0) is 14.7. The molecule has 0 bridgehead atoms. The largest absolute Gasteiger partial charge is 0.345 e. The molecule has 2 fully saturated rings. The lowest BCUT2D eigenvalue weighted by atomic mass is 9.96. The quantitative estimate of drug-likeness (QED) is 0.913. The molecule has 0 unspecified atom stereocenters. The van der Waals surface area contributed by atoms with Gasteiger partial charge in [-0.1, -0.05) is 19.3 Å². The number of thiazole rings is 1. The molecule has 1 aromatic rings. The van der Waals surface area contributed by atoms with E-state index in [1.807, 2.05) is 11.8 Å². The van der Waals surface area contributed by atoms with Crippen molar-refractivity contribution < 1.29 is 4.79 Å². The summed E-state index contributed by atoms with van der Waals surface area (Å²) in [6.07, 6.45) is 6.11. The van der Waals surface area contributed by atoms with Crippen molar-refractivity contribution in [2.24, 2.45) is 0 Å². The lowest BCUT2D eigenvalue weighted by Gasteiger charge is -2.35. The fourth-order valence-electron chi connectivity index (χ4n) is 3.10. The molecule has 0 aromatic carbocycles. The first-order chi connectivity index (χ1) is 10.2. The van der Waals surface area contributed by atoms with Gasteiger partial charge in [0.1, 0.15) is 0 Å².